The maximum Gasteiger partial charge on any atom is 0.257 e. The minimum absolute atomic E-state index is 0.461. The molecule has 18 heavy (non-hydrogen) atoms. The molecule has 1 atom stereocenters. The lowest BCUT2D eigenvalue weighted by molar-refractivity contribution is -0.124. The lowest BCUT2D eigenvalue weighted by Gasteiger charge is -2.12. The Morgan fingerprint density at radius 2 is 1.94 bits per heavy atom. The first-order valence-corrected chi connectivity index (χ1v) is 5.64. The van der Waals surface area contributed by atoms with Gasteiger partial charge in [0.1, 0.15) is 0 Å². The molecular formula is C14H14N2O2. The predicted octanol–water partition coefficient (Wildman–Crippen LogP) is 2.06. The van der Waals surface area contributed by atoms with Gasteiger partial charge in [-0.1, -0.05) is 30.3 Å². The van der Waals surface area contributed by atoms with Crippen molar-refractivity contribution in [3.8, 4) is 0 Å². The number of aryl methyl sites for hydroxylation is 1. The number of aliphatic hydroxyl groups excluding tert-OH is 1. The second kappa shape index (κ2) is 5.42. The average Bonchev–Trinajstić information content (AvgIpc) is 2.41. The number of aliphatic hydroxyl groups is 1. The fraction of sp³-hybridized carbons (Fsp3) is 0.143. The first-order chi connectivity index (χ1) is 8.68. The molecule has 1 aromatic heterocycles. The van der Waals surface area contributed by atoms with Crippen molar-refractivity contribution in [3.05, 3.63) is 59.9 Å². The van der Waals surface area contributed by atoms with E-state index >= 15 is 0 Å². The number of pyridine rings is 1. The van der Waals surface area contributed by atoms with Crippen LogP contribution in [0.3, 0.4) is 0 Å². The van der Waals surface area contributed by atoms with Crippen LogP contribution in [0.1, 0.15) is 17.4 Å². The first kappa shape index (κ1) is 12.3. The van der Waals surface area contributed by atoms with Crippen molar-refractivity contribution in [3.63, 3.8) is 0 Å². The third-order valence-electron chi connectivity index (χ3n) is 2.63. The number of carbonyl (C=O) groups excluding carboxylic acids is 1. The fourth-order valence-corrected chi connectivity index (χ4v) is 1.60. The Labute approximate surface area is 105 Å². The number of nitrogens with one attached hydrogen (secondary N) is 1. The monoisotopic (exact) mass is 242 g/mol. The van der Waals surface area contributed by atoms with E-state index in [-0.39, 0.29) is 0 Å². The molecule has 1 unspecified atom stereocenters. The third kappa shape index (κ3) is 2.73. The highest BCUT2D eigenvalue weighted by Crippen LogP contribution is 2.16. The fourth-order valence-electron chi connectivity index (χ4n) is 1.60. The summed E-state index contributed by atoms with van der Waals surface area (Å²) in [5.74, 6) is -0.461. The van der Waals surface area contributed by atoms with Crippen LogP contribution >= 0.6 is 0 Å². The highest BCUT2D eigenvalue weighted by molar-refractivity contribution is 5.95. The van der Waals surface area contributed by atoms with Crippen LogP contribution in [0.15, 0.2) is 48.7 Å². The number of hydrogen-bond acceptors (Lipinski definition) is 3. The number of amides is 1. The van der Waals surface area contributed by atoms with Gasteiger partial charge in [-0.25, -0.2) is 0 Å². The zero-order chi connectivity index (χ0) is 13.0. The van der Waals surface area contributed by atoms with Crippen molar-refractivity contribution in [1.82, 2.24) is 4.98 Å². The number of hydrogen-bond donors (Lipinski definition) is 2. The quantitative estimate of drug-likeness (QED) is 0.866. The molecule has 0 spiro atoms. The zero-order valence-electron chi connectivity index (χ0n) is 10.00. The Morgan fingerprint density at radius 3 is 2.61 bits per heavy atom. The van der Waals surface area contributed by atoms with E-state index in [1.807, 2.05) is 6.07 Å². The molecule has 0 aliphatic carbocycles. The van der Waals surface area contributed by atoms with Crippen LogP contribution in [0.5, 0.6) is 0 Å². The number of nitrogens with zero attached hydrogens (tertiary/aromatic N) is 1. The Bertz CT molecular complexity index is 541. The van der Waals surface area contributed by atoms with E-state index in [1.54, 1.807) is 49.5 Å². The summed E-state index contributed by atoms with van der Waals surface area (Å²) < 4.78 is 0. The summed E-state index contributed by atoms with van der Waals surface area (Å²) in [6.45, 7) is 1.80. The van der Waals surface area contributed by atoms with Crippen LogP contribution < -0.4 is 5.32 Å². The molecule has 4 nitrogen and oxygen atoms in total. The Morgan fingerprint density at radius 1 is 1.22 bits per heavy atom. The van der Waals surface area contributed by atoms with E-state index in [9.17, 15) is 9.90 Å². The Kier molecular flexibility index (Phi) is 3.69. The molecule has 1 aromatic carbocycles. The summed E-state index contributed by atoms with van der Waals surface area (Å²) >= 11 is 0. The van der Waals surface area contributed by atoms with Gasteiger partial charge in [0.15, 0.2) is 6.10 Å². The number of carbonyl (C=O) groups is 1. The maximum absolute atomic E-state index is 11.9. The van der Waals surface area contributed by atoms with Crippen LogP contribution in [0.2, 0.25) is 0 Å². The van der Waals surface area contributed by atoms with E-state index in [2.05, 4.69) is 10.3 Å². The van der Waals surface area contributed by atoms with Gasteiger partial charge in [0, 0.05) is 6.20 Å². The predicted molar refractivity (Wildman–Crippen MR) is 69.0 cm³/mol. The second-order valence-electron chi connectivity index (χ2n) is 3.94. The molecule has 2 N–H and O–H groups in total. The Balaban J connectivity index is 2.12. The van der Waals surface area contributed by atoms with Gasteiger partial charge in [-0.15, -0.1) is 0 Å². The summed E-state index contributed by atoms with van der Waals surface area (Å²) in [5, 5.41) is 12.6. The molecule has 2 rings (SSSR count). The molecule has 0 saturated carbocycles. The highest BCUT2D eigenvalue weighted by atomic mass is 16.3. The van der Waals surface area contributed by atoms with Crippen LogP contribution in [-0.2, 0) is 4.79 Å². The Hall–Kier alpha value is -2.20. The van der Waals surface area contributed by atoms with Gasteiger partial charge in [-0.3, -0.25) is 9.78 Å². The van der Waals surface area contributed by atoms with Crippen LogP contribution in [0, 0.1) is 6.92 Å². The zero-order valence-corrected chi connectivity index (χ0v) is 10.00. The third-order valence-corrected chi connectivity index (χ3v) is 2.63. The number of anilines is 1. The summed E-state index contributed by atoms with van der Waals surface area (Å²) in [5.41, 5.74) is 1.89. The van der Waals surface area contributed by atoms with Crippen molar-refractivity contribution in [1.29, 1.82) is 0 Å². The molecule has 0 radical (unpaired) electrons. The van der Waals surface area contributed by atoms with Gasteiger partial charge < -0.3 is 10.4 Å². The van der Waals surface area contributed by atoms with Crippen molar-refractivity contribution >= 4 is 11.6 Å². The SMILES string of the molecule is Cc1ncccc1NC(=O)C(O)c1ccccc1. The lowest BCUT2D eigenvalue weighted by Crippen LogP contribution is -2.21. The highest BCUT2D eigenvalue weighted by Gasteiger charge is 2.17. The molecule has 2 aromatic rings. The van der Waals surface area contributed by atoms with Crippen molar-refractivity contribution in [2.75, 3.05) is 5.32 Å². The normalized spacial score (nSPS) is 11.9. The van der Waals surface area contributed by atoms with Crippen LogP contribution in [0.4, 0.5) is 5.69 Å². The molecule has 0 saturated heterocycles. The summed E-state index contributed by atoms with van der Waals surface area (Å²) in [6.07, 6.45) is 0.476. The maximum atomic E-state index is 11.9. The second-order valence-corrected chi connectivity index (χ2v) is 3.94. The molecule has 1 heterocycles. The minimum atomic E-state index is -1.18. The van der Waals surface area contributed by atoms with Gasteiger partial charge in [-0.2, -0.15) is 0 Å². The largest absolute Gasteiger partial charge is 0.378 e. The van der Waals surface area contributed by atoms with E-state index in [4.69, 9.17) is 0 Å². The number of aromatic nitrogens is 1. The summed E-state index contributed by atoms with van der Waals surface area (Å²) in [7, 11) is 0. The van der Waals surface area contributed by atoms with Crippen LogP contribution in [-0.4, -0.2) is 16.0 Å². The number of rotatable bonds is 3. The van der Waals surface area contributed by atoms with Gasteiger partial charge in [0.25, 0.3) is 5.91 Å². The molecule has 0 aliphatic rings. The van der Waals surface area contributed by atoms with Crippen molar-refractivity contribution < 1.29 is 9.90 Å². The molecular weight excluding hydrogens is 228 g/mol. The van der Waals surface area contributed by atoms with Gasteiger partial charge in [0.05, 0.1) is 11.4 Å². The molecule has 0 fully saturated rings. The van der Waals surface area contributed by atoms with Crippen molar-refractivity contribution in [2.24, 2.45) is 0 Å². The summed E-state index contributed by atoms with van der Waals surface area (Å²) in [6, 6.07) is 12.3. The molecule has 0 bridgehead atoms. The van der Waals surface area contributed by atoms with Gasteiger partial charge >= 0.3 is 0 Å². The lowest BCUT2D eigenvalue weighted by atomic mass is 10.1. The minimum Gasteiger partial charge on any atom is -0.378 e. The number of benzene rings is 1. The molecule has 4 heteroatoms. The van der Waals surface area contributed by atoms with E-state index < -0.39 is 12.0 Å². The standard InChI is InChI=1S/C14H14N2O2/c1-10-12(8-5-9-15-10)16-14(18)13(17)11-6-3-2-4-7-11/h2-9,13,17H,1H3,(H,16,18). The van der Waals surface area contributed by atoms with E-state index in [0.717, 1.165) is 0 Å². The average molecular weight is 242 g/mol. The van der Waals surface area contributed by atoms with Gasteiger partial charge in [0.2, 0.25) is 0 Å². The van der Waals surface area contributed by atoms with Crippen LogP contribution in [0.25, 0.3) is 0 Å². The van der Waals surface area contributed by atoms with E-state index in [0.29, 0.717) is 16.9 Å². The topological polar surface area (TPSA) is 62.2 Å². The first-order valence-electron chi connectivity index (χ1n) is 5.64. The smallest absolute Gasteiger partial charge is 0.257 e. The van der Waals surface area contributed by atoms with E-state index in [1.165, 1.54) is 0 Å². The van der Waals surface area contributed by atoms with Gasteiger partial charge in [-0.05, 0) is 24.6 Å². The van der Waals surface area contributed by atoms with Crippen molar-refractivity contribution in [2.45, 2.75) is 13.0 Å². The molecule has 1 amide bonds. The molecule has 0 aliphatic heterocycles. The summed E-state index contributed by atoms with van der Waals surface area (Å²) in [4.78, 5) is 15.9. The molecule has 92 valence electrons.